The molecule has 0 aliphatic carbocycles. The third kappa shape index (κ3) is 2.97. The Labute approximate surface area is 108 Å². The summed E-state index contributed by atoms with van der Waals surface area (Å²) in [6, 6.07) is 0. The summed E-state index contributed by atoms with van der Waals surface area (Å²) in [6.45, 7) is 3.52. The standard InChI is InChI=1S/C12H15F5N2/c1-12(2,19(3)4)5-18-11-9(16)7(14)6(13)8(15)10(11)17/h18H,5H2,1-4H3. The zero-order valence-electron chi connectivity index (χ0n) is 11.0. The Kier molecular flexibility index (Phi) is 4.39. The molecule has 19 heavy (non-hydrogen) atoms. The van der Waals surface area contributed by atoms with E-state index >= 15 is 0 Å². The fourth-order valence-corrected chi connectivity index (χ4v) is 1.22. The molecule has 108 valence electrons. The molecule has 0 saturated heterocycles. The molecule has 1 rings (SSSR count). The lowest BCUT2D eigenvalue weighted by Gasteiger charge is -2.33. The lowest BCUT2D eigenvalue weighted by atomic mass is 10.0. The Morgan fingerprint density at radius 3 is 1.58 bits per heavy atom. The Morgan fingerprint density at radius 2 is 1.21 bits per heavy atom. The zero-order chi connectivity index (χ0) is 15.0. The smallest absolute Gasteiger partial charge is 0.200 e. The van der Waals surface area contributed by atoms with Gasteiger partial charge < -0.3 is 10.2 Å². The Bertz CT molecular complexity index is 456. The topological polar surface area (TPSA) is 15.3 Å². The van der Waals surface area contributed by atoms with Gasteiger partial charge in [-0.15, -0.1) is 0 Å². The predicted octanol–water partition coefficient (Wildman–Crippen LogP) is 3.13. The second-order valence-electron chi connectivity index (χ2n) is 5.01. The summed E-state index contributed by atoms with van der Waals surface area (Å²) >= 11 is 0. The van der Waals surface area contributed by atoms with Gasteiger partial charge in [0.15, 0.2) is 23.3 Å². The minimum absolute atomic E-state index is 0.0123. The maximum Gasteiger partial charge on any atom is 0.200 e. The van der Waals surface area contributed by atoms with Crippen LogP contribution in [0.4, 0.5) is 27.6 Å². The van der Waals surface area contributed by atoms with Crippen molar-refractivity contribution in [2.24, 2.45) is 0 Å². The second-order valence-corrected chi connectivity index (χ2v) is 5.01. The minimum Gasteiger partial charge on any atom is -0.378 e. The van der Waals surface area contributed by atoms with Crippen molar-refractivity contribution in [3.8, 4) is 0 Å². The highest BCUT2D eigenvalue weighted by molar-refractivity contribution is 5.48. The number of benzene rings is 1. The van der Waals surface area contributed by atoms with Crippen LogP contribution < -0.4 is 5.32 Å². The molecule has 2 nitrogen and oxygen atoms in total. The Balaban J connectivity index is 3.10. The van der Waals surface area contributed by atoms with Crippen LogP contribution in [0.3, 0.4) is 0 Å². The maximum absolute atomic E-state index is 13.4. The molecular formula is C12H15F5N2. The number of rotatable bonds is 4. The van der Waals surface area contributed by atoms with Gasteiger partial charge in [0.25, 0.3) is 0 Å². The number of anilines is 1. The molecule has 0 heterocycles. The van der Waals surface area contributed by atoms with E-state index in [9.17, 15) is 22.0 Å². The molecule has 1 aromatic carbocycles. The number of nitrogens with zero attached hydrogens (tertiary/aromatic N) is 1. The molecule has 0 fully saturated rings. The monoisotopic (exact) mass is 282 g/mol. The first kappa shape index (κ1) is 15.7. The van der Waals surface area contributed by atoms with Crippen LogP contribution in [0.25, 0.3) is 0 Å². The molecule has 0 amide bonds. The molecule has 0 spiro atoms. The van der Waals surface area contributed by atoms with Crippen molar-refractivity contribution in [1.82, 2.24) is 4.90 Å². The van der Waals surface area contributed by atoms with Gasteiger partial charge in [0, 0.05) is 12.1 Å². The molecule has 0 unspecified atom stereocenters. The highest BCUT2D eigenvalue weighted by Crippen LogP contribution is 2.27. The van der Waals surface area contributed by atoms with Gasteiger partial charge in [0.05, 0.1) is 0 Å². The van der Waals surface area contributed by atoms with Gasteiger partial charge in [-0.1, -0.05) is 0 Å². The van der Waals surface area contributed by atoms with Crippen LogP contribution in [0, 0.1) is 29.1 Å². The zero-order valence-corrected chi connectivity index (χ0v) is 11.0. The average Bonchev–Trinajstić information content (AvgIpc) is 2.33. The van der Waals surface area contributed by atoms with E-state index in [1.807, 2.05) is 0 Å². The molecule has 0 saturated carbocycles. The van der Waals surface area contributed by atoms with Crippen molar-refractivity contribution in [1.29, 1.82) is 0 Å². The Hall–Kier alpha value is -1.37. The SMILES string of the molecule is CN(C)C(C)(C)CNc1c(F)c(F)c(F)c(F)c1F. The Morgan fingerprint density at radius 1 is 0.842 bits per heavy atom. The first-order chi connectivity index (χ1) is 8.59. The lowest BCUT2D eigenvalue weighted by Crippen LogP contribution is -2.44. The van der Waals surface area contributed by atoms with Crippen LogP contribution in [0.5, 0.6) is 0 Å². The van der Waals surface area contributed by atoms with Crippen LogP contribution >= 0.6 is 0 Å². The first-order valence-electron chi connectivity index (χ1n) is 5.52. The van der Waals surface area contributed by atoms with Gasteiger partial charge in [0.1, 0.15) is 5.69 Å². The summed E-state index contributed by atoms with van der Waals surface area (Å²) < 4.78 is 65.5. The van der Waals surface area contributed by atoms with E-state index in [2.05, 4.69) is 5.32 Å². The summed E-state index contributed by atoms with van der Waals surface area (Å²) in [4.78, 5) is 1.76. The molecule has 1 aromatic rings. The summed E-state index contributed by atoms with van der Waals surface area (Å²) in [5.74, 6) is -9.78. The molecule has 1 N–H and O–H groups in total. The van der Waals surface area contributed by atoms with E-state index in [4.69, 9.17) is 0 Å². The normalized spacial score (nSPS) is 12.1. The van der Waals surface area contributed by atoms with Gasteiger partial charge in [-0.05, 0) is 27.9 Å². The summed E-state index contributed by atoms with van der Waals surface area (Å²) in [7, 11) is 3.47. The molecule has 0 bridgehead atoms. The average molecular weight is 282 g/mol. The fourth-order valence-electron chi connectivity index (χ4n) is 1.22. The molecule has 0 atom stereocenters. The van der Waals surface area contributed by atoms with Gasteiger partial charge in [-0.2, -0.15) is 0 Å². The number of likely N-dealkylation sites (N-methyl/N-ethyl adjacent to an activating group) is 1. The van der Waals surface area contributed by atoms with E-state index in [1.54, 1.807) is 32.8 Å². The number of hydrogen-bond acceptors (Lipinski definition) is 2. The fraction of sp³-hybridized carbons (Fsp3) is 0.500. The van der Waals surface area contributed by atoms with Crippen molar-refractivity contribution in [3.05, 3.63) is 29.1 Å². The molecular weight excluding hydrogens is 267 g/mol. The molecule has 7 heteroatoms. The van der Waals surface area contributed by atoms with Crippen LogP contribution in [-0.2, 0) is 0 Å². The lowest BCUT2D eigenvalue weighted by molar-refractivity contribution is 0.209. The van der Waals surface area contributed by atoms with E-state index in [1.165, 1.54) is 0 Å². The van der Waals surface area contributed by atoms with Crippen LogP contribution in [0.2, 0.25) is 0 Å². The predicted molar refractivity (Wildman–Crippen MR) is 62.5 cm³/mol. The highest BCUT2D eigenvalue weighted by atomic mass is 19.2. The van der Waals surface area contributed by atoms with Crippen LogP contribution in [0.15, 0.2) is 0 Å². The number of nitrogens with one attached hydrogen (secondary N) is 1. The first-order valence-corrected chi connectivity index (χ1v) is 5.52. The van der Waals surface area contributed by atoms with Crippen molar-refractivity contribution in [3.63, 3.8) is 0 Å². The van der Waals surface area contributed by atoms with Gasteiger partial charge >= 0.3 is 0 Å². The highest BCUT2D eigenvalue weighted by Gasteiger charge is 2.27. The summed E-state index contributed by atoms with van der Waals surface area (Å²) in [5.41, 5.74) is -1.54. The van der Waals surface area contributed by atoms with Gasteiger partial charge in [-0.3, -0.25) is 0 Å². The third-order valence-corrected chi connectivity index (χ3v) is 3.12. The van der Waals surface area contributed by atoms with Gasteiger partial charge in [-0.25, -0.2) is 22.0 Å². The third-order valence-electron chi connectivity index (χ3n) is 3.12. The van der Waals surface area contributed by atoms with Crippen LogP contribution in [-0.4, -0.2) is 31.1 Å². The number of halogens is 5. The second kappa shape index (κ2) is 5.32. The molecule has 0 aromatic heterocycles. The van der Waals surface area contributed by atoms with Crippen molar-refractivity contribution < 1.29 is 22.0 Å². The summed E-state index contributed by atoms with van der Waals surface area (Å²) in [6.07, 6.45) is 0. The maximum atomic E-state index is 13.4. The van der Waals surface area contributed by atoms with E-state index in [0.717, 1.165) is 0 Å². The van der Waals surface area contributed by atoms with E-state index < -0.39 is 40.3 Å². The van der Waals surface area contributed by atoms with Crippen molar-refractivity contribution in [2.75, 3.05) is 26.0 Å². The quantitative estimate of drug-likeness (QED) is 0.518. The van der Waals surface area contributed by atoms with Crippen molar-refractivity contribution in [2.45, 2.75) is 19.4 Å². The number of hydrogen-bond donors (Lipinski definition) is 1. The largest absolute Gasteiger partial charge is 0.378 e. The molecule has 0 radical (unpaired) electrons. The van der Waals surface area contributed by atoms with Crippen molar-refractivity contribution >= 4 is 5.69 Å². The van der Waals surface area contributed by atoms with E-state index in [0.29, 0.717) is 0 Å². The molecule has 0 aliphatic heterocycles. The van der Waals surface area contributed by atoms with Gasteiger partial charge in [0.2, 0.25) is 5.82 Å². The van der Waals surface area contributed by atoms with Crippen LogP contribution in [0.1, 0.15) is 13.8 Å². The molecule has 0 aliphatic rings. The van der Waals surface area contributed by atoms with E-state index in [-0.39, 0.29) is 6.54 Å². The minimum atomic E-state index is -2.16. The summed E-state index contributed by atoms with van der Waals surface area (Å²) in [5, 5.41) is 2.27.